The zero-order chi connectivity index (χ0) is 14.8. The van der Waals surface area contributed by atoms with Crippen molar-refractivity contribution in [1.82, 2.24) is 5.32 Å². The second kappa shape index (κ2) is 5.69. The fourth-order valence-corrected chi connectivity index (χ4v) is 2.47. The largest absolute Gasteiger partial charge is 0.450 e. The van der Waals surface area contributed by atoms with Gasteiger partial charge in [-0.3, -0.25) is 4.79 Å². The van der Waals surface area contributed by atoms with Crippen LogP contribution in [0.1, 0.15) is 16.1 Å². The number of carbonyl (C=O) groups excluding carboxylic acids is 1. The first kappa shape index (κ1) is 13.8. The minimum absolute atomic E-state index is 0.249. The number of rotatable bonds is 3. The van der Waals surface area contributed by atoms with E-state index in [-0.39, 0.29) is 17.5 Å². The van der Waals surface area contributed by atoms with E-state index in [9.17, 15) is 9.18 Å². The molecule has 1 amide bonds. The monoisotopic (exact) mass is 347 g/mol. The van der Waals surface area contributed by atoms with Crippen molar-refractivity contribution >= 4 is 32.8 Å². The molecule has 1 aromatic heterocycles. The quantitative estimate of drug-likeness (QED) is 0.768. The molecule has 5 heteroatoms. The predicted molar refractivity (Wildman–Crippen MR) is 81.5 cm³/mol. The average Bonchev–Trinajstić information content (AvgIpc) is 2.92. The summed E-state index contributed by atoms with van der Waals surface area (Å²) in [6.45, 7) is 0.317. The minimum Gasteiger partial charge on any atom is -0.450 e. The highest BCUT2D eigenvalue weighted by atomic mass is 79.9. The number of hydrogen-bond donors (Lipinski definition) is 1. The van der Waals surface area contributed by atoms with Crippen LogP contribution in [-0.4, -0.2) is 5.91 Å². The van der Waals surface area contributed by atoms with Crippen LogP contribution in [0, 0.1) is 5.82 Å². The number of hydrogen-bond acceptors (Lipinski definition) is 2. The standard InChI is InChI=1S/C16H11BrFNO2/c17-13-3-1-2-11-8-14(21-15(11)13)16(20)19-9-10-4-6-12(18)7-5-10/h1-8H,9H2,(H,19,20). The molecule has 0 aliphatic carbocycles. The zero-order valence-corrected chi connectivity index (χ0v) is 12.5. The highest BCUT2D eigenvalue weighted by Gasteiger charge is 2.13. The van der Waals surface area contributed by atoms with Gasteiger partial charge in [0.1, 0.15) is 11.4 Å². The van der Waals surface area contributed by atoms with E-state index in [1.54, 1.807) is 18.2 Å². The Morgan fingerprint density at radius 1 is 1.19 bits per heavy atom. The zero-order valence-electron chi connectivity index (χ0n) is 10.9. The maximum atomic E-state index is 12.8. The molecule has 0 spiro atoms. The van der Waals surface area contributed by atoms with Crippen molar-refractivity contribution in [1.29, 1.82) is 0 Å². The van der Waals surface area contributed by atoms with Gasteiger partial charge in [-0.25, -0.2) is 4.39 Å². The molecule has 1 N–H and O–H groups in total. The highest BCUT2D eigenvalue weighted by molar-refractivity contribution is 9.10. The van der Waals surface area contributed by atoms with E-state index in [4.69, 9.17) is 4.42 Å². The molecule has 2 aromatic carbocycles. The molecule has 1 heterocycles. The molecule has 3 rings (SSSR count). The number of amides is 1. The van der Waals surface area contributed by atoms with Crippen LogP contribution < -0.4 is 5.32 Å². The molecule has 3 aromatic rings. The van der Waals surface area contributed by atoms with Crippen LogP contribution in [0.4, 0.5) is 4.39 Å². The SMILES string of the molecule is O=C(NCc1ccc(F)cc1)c1cc2cccc(Br)c2o1. The van der Waals surface area contributed by atoms with Gasteiger partial charge in [-0.2, -0.15) is 0 Å². The summed E-state index contributed by atoms with van der Waals surface area (Å²) >= 11 is 3.38. The van der Waals surface area contributed by atoms with Gasteiger partial charge in [-0.05, 0) is 45.8 Å². The van der Waals surface area contributed by atoms with Crippen LogP contribution >= 0.6 is 15.9 Å². The summed E-state index contributed by atoms with van der Waals surface area (Å²) in [6, 6.07) is 13.3. The summed E-state index contributed by atoms with van der Waals surface area (Å²) in [5.41, 5.74) is 1.46. The predicted octanol–water partition coefficient (Wildman–Crippen LogP) is 4.26. The van der Waals surface area contributed by atoms with Gasteiger partial charge in [0.2, 0.25) is 0 Å². The lowest BCUT2D eigenvalue weighted by Crippen LogP contribution is -2.22. The van der Waals surface area contributed by atoms with Crippen LogP contribution in [0.3, 0.4) is 0 Å². The van der Waals surface area contributed by atoms with E-state index < -0.39 is 0 Å². The van der Waals surface area contributed by atoms with Gasteiger partial charge in [0.05, 0.1) is 4.47 Å². The van der Waals surface area contributed by atoms with Gasteiger partial charge in [0.25, 0.3) is 5.91 Å². The number of halogens is 2. The van der Waals surface area contributed by atoms with Crippen LogP contribution in [0.2, 0.25) is 0 Å². The number of fused-ring (bicyclic) bond motifs is 1. The summed E-state index contributed by atoms with van der Waals surface area (Å²) in [7, 11) is 0. The topological polar surface area (TPSA) is 42.2 Å². The van der Waals surface area contributed by atoms with E-state index in [0.717, 1.165) is 15.4 Å². The first-order valence-electron chi connectivity index (χ1n) is 6.34. The summed E-state index contributed by atoms with van der Waals surface area (Å²) in [6.07, 6.45) is 0. The number of benzene rings is 2. The van der Waals surface area contributed by atoms with Crippen molar-refractivity contribution in [3.05, 3.63) is 70.1 Å². The molecule has 0 aliphatic rings. The van der Waals surface area contributed by atoms with Crippen molar-refractivity contribution in [2.75, 3.05) is 0 Å². The molecule has 0 bridgehead atoms. The third-order valence-corrected chi connectivity index (χ3v) is 3.71. The second-order valence-electron chi connectivity index (χ2n) is 4.58. The minimum atomic E-state index is -0.303. The van der Waals surface area contributed by atoms with E-state index in [1.165, 1.54) is 12.1 Å². The molecule has 0 fully saturated rings. The number of furan rings is 1. The van der Waals surface area contributed by atoms with Crippen molar-refractivity contribution in [3.8, 4) is 0 Å². The van der Waals surface area contributed by atoms with Gasteiger partial charge in [-0.15, -0.1) is 0 Å². The van der Waals surface area contributed by atoms with Gasteiger partial charge in [0.15, 0.2) is 5.76 Å². The lowest BCUT2D eigenvalue weighted by Gasteiger charge is -2.03. The van der Waals surface area contributed by atoms with E-state index in [0.29, 0.717) is 12.1 Å². The van der Waals surface area contributed by atoms with Gasteiger partial charge >= 0.3 is 0 Å². The van der Waals surface area contributed by atoms with Crippen molar-refractivity contribution in [2.24, 2.45) is 0 Å². The fourth-order valence-electron chi connectivity index (χ4n) is 2.01. The summed E-state index contributed by atoms with van der Waals surface area (Å²) in [4.78, 5) is 12.1. The molecule has 0 aliphatic heterocycles. The second-order valence-corrected chi connectivity index (χ2v) is 5.43. The third-order valence-electron chi connectivity index (χ3n) is 3.09. The molecular formula is C16H11BrFNO2. The summed E-state index contributed by atoms with van der Waals surface area (Å²) < 4.78 is 19.2. The first-order valence-corrected chi connectivity index (χ1v) is 7.13. The number of nitrogens with one attached hydrogen (secondary N) is 1. The molecule has 106 valence electrons. The van der Waals surface area contributed by atoms with Crippen LogP contribution in [0.5, 0.6) is 0 Å². The van der Waals surface area contributed by atoms with Crippen LogP contribution in [0.15, 0.2) is 57.4 Å². The smallest absolute Gasteiger partial charge is 0.287 e. The molecule has 0 unspecified atom stereocenters. The Balaban J connectivity index is 1.75. The maximum Gasteiger partial charge on any atom is 0.287 e. The van der Waals surface area contributed by atoms with Crippen molar-refractivity contribution in [2.45, 2.75) is 6.54 Å². The Morgan fingerprint density at radius 3 is 2.67 bits per heavy atom. The Kier molecular flexibility index (Phi) is 3.75. The van der Waals surface area contributed by atoms with Gasteiger partial charge < -0.3 is 9.73 Å². The van der Waals surface area contributed by atoms with Crippen molar-refractivity contribution in [3.63, 3.8) is 0 Å². The van der Waals surface area contributed by atoms with Crippen LogP contribution in [-0.2, 0) is 6.54 Å². The molecule has 0 saturated carbocycles. The summed E-state index contributed by atoms with van der Waals surface area (Å²) in [5.74, 6) is -0.353. The first-order chi connectivity index (χ1) is 10.1. The van der Waals surface area contributed by atoms with E-state index in [1.807, 2.05) is 18.2 Å². The average molecular weight is 348 g/mol. The maximum absolute atomic E-state index is 12.8. The summed E-state index contributed by atoms with van der Waals surface area (Å²) in [5, 5.41) is 3.60. The Labute approximate surface area is 128 Å². The molecule has 3 nitrogen and oxygen atoms in total. The van der Waals surface area contributed by atoms with E-state index in [2.05, 4.69) is 21.2 Å². The fraction of sp³-hybridized carbons (Fsp3) is 0.0625. The highest BCUT2D eigenvalue weighted by Crippen LogP contribution is 2.26. The lowest BCUT2D eigenvalue weighted by molar-refractivity contribution is 0.0925. The number of carbonyl (C=O) groups is 1. The molecular weight excluding hydrogens is 337 g/mol. The Bertz CT molecular complexity index is 796. The normalized spacial score (nSPS) is 10.8. The molecule has 0 atom stereocenters. The van der Waals surface area contributed by atoms with Crippen LogP contribution in [0.25, 0.3) is 11.0 Å². The van der Waals surface area contributed by atoms with E-state index >= 15 is 0 Å². The lowest BCUT2D eigenvalue weighted by atomic mass is 10.2. The molecule has 21 heavy (non-hydrogen) atoms. The molecule has 0 saturated heterocycles. The van der Waals surface area contributed by atoms with Crippen molar-refractivity contribution < 1.29 is 13.6 Å². The Hall–Kier alpha value is -2.14. The van der Waals surface area contributed by atoms with Gasteiger partial charge in [-0.1, -0.05) is 24.3 Å². The third kappa shape index (κ3) is 2.97. The Morgan fingerprint density at radius 2 is 1.95 bits per heavy atom. The molecule has 0 radical (unpaired) electrons. The van der Waals surface area contributed by atoms with Gasteiger partial charge in [0, 0.05) is 11.9 Å². The number of para-hydroxylation sites is 1.